The summed E-state index contributed by atoms with van der Waals surface area (Å²) in [6, 6.07) is 8.26. The zero-order valence-electron chi connectivity index (χ0n) is 10.6. The second kappa shape index (κ2) is 6.39. The molecule has 1 aliphatic heterocycles. The molecule has 0 bridgehead atoms. The molecule has 1 aromatic carbocycles. The van der Waals surface area contributed by atoms with Gasteiger partial charge in [0.15, 0.2) is 0 Å². The van der Waals surface area contributed by atoms with Crippen molar-refractivity contribution in [2.75, 3.05) is 20.3 Å². The Morgan fingerprint density at radius 1 is 1.56 bits per heavy atom. The Bertz CT molecular complexity index is 434. The largest absolute Gasteiger partial charge is 0.495 e. The molecule has 1 saturated heterocycles. The molecule has 1 aromatic rings. The molecule has 0 spiro atoms. The third-order valence-electron chi connectivity index (χ3n) is 3.14. The van der Waals surface area contributed by atoms with Crippen molar-refractivity contribution in [3.8, 4) is 11.8 Å². The van der Waals surface area contributed by atoms with E-state index in [1.165, 1.54) is 0 Å². The van der Waals surface area contributed by atoms with E-state index in [9.17, 15) is 0 Å². The van der Waals surface area contributed by atoms with Crippen molar-refractivity contribution in [2.45, 2.75) is 25.4 Å². The minimum absolute atomic E-state index is 0.423. The lowest BCUT2D eigenvalue weighted by Crippen LogP contribution is -2.36. The van der Waals surface area contributed by atoms with Gasteiger partial charge >= 0.3 is 0 Å². The predicted octanol–water partition coefficient (Wildman–Crippen LogP) is 1.84. The van der Waals surface area contributed by atoms with E-state index in [1.807, 2.05) is 18.2 Å². The number of methoxy groups -OCH3 is 1. The molecule has 1 aliphatic rings. The number of nitrogens with zero attached hydrogens (tertiary/aromatic N) is 1. The van der Waals surface area contributed by atoms with Gasteiger partial charge in [-0.2, -0.15) is 5.26 Å². The molecule has 0 aromatic heterocycles. The molecule has 1 atom stereocenters. The first-order valence-electron chi connectivity index (χ1n) is 6.21. The van der Waals surface area contributed by atoms with Crippen LogP contribution >= 0.6 is 0 Å². The summed E-state index contributed by atoms with van der Waals surface area (Å²) in [7, 11) is 1.58. The van der Waals surface area contributed by atoms with E-state index in [0.717, 1.165) is 38.2 Å². The molecule has 0 aliphatic carbocycles. The van der Waals surface area contributed by atoms with Crippen molar-refractivity contribution in [3.63, 3.8) is 0 Å². The Hall–Kier alpha value is -1.57. The van der Waals surface area contributed by atoms with Gasteiger partial charge in [-0.05, 0) is 30.5 Å². The molecule has 4 heteroatoms. The van der Waals surface area contributed by atoms with Crippen molar-refractivity contribution in [1.82, 2.24) is 5.32 Å². The number of rotatable bonds is 4. The summed E-state index contributed by atoms with van der Waals surface area (Å²) in [5, 5.41) is 12.5. The summed E-state index contributed by atoms with van der Waals surface area (Å²) in [5.41, 5.74) is 1.68. The molecule has 0 radical (unpaired) electrons. The zero-order valence-corrected chi connectivity index (χ0v) is 10.6. The van der Waals surface area contributed by atoms with Crippen LogP contribution in [0.4, 0.5) is 0 Å². The van der Waals surface area contributed by atoms with Gasteiger partial charge in [-0.3, -0.25) is 0 Å². The molecule has 1 fully saturated rings. The summed E-state index contributed by atoms with van der Waals surface area (Å²) in [6.07, 6.45) is 2.27. The van der Waals surface area contributed by atoms with Crippen LogP contribution in [0.15, 0.2) is 18.2 Å². The van der Waals surface area contributed by atoms with Gasteiger partial charge in [0.05, 0.1) is 19.3 Å². The van der Waals surface area contributed by atoms with Gasteiger partial charge in [0, 0.05) is 19.2 Å². The summed E-state index contributed by atoms with van der Waals surface area (Å²) < 4.78 is 10.5. The monoisotopic (exact) mass is 246 g/mol. The van der Waals surface area contributed by atoms with Crippen molar-refractivity contribution >= 4 is 0 Å². The first-order valence-corrected chi connectivity index (χ1v) is 6.21. The van der Waals surface area contributed by atoms with Crippen LogP contribution in [0.3, 0.4) is 0 Å². The molecule has 1 heterocycles. The third-order valence-corrected chi connectivity index (χ3v) is 3.14. The molecule has 18 heavy (non-hydrogen) atoms. The average Bonchev–Trinajstić information content (AvgIpc) is 2.45. The van der Waals surface area contributed by atoms with Gasteiger partial charge in [-0.25, -0.2) is 0 Å². The highest BCUT2D eigenvalue weighted by Crippen LogP contribution is 2.19. The van der Waals surface area contributed by atoms with Crippen molar-refractivity contribution in [3.05, 3.63) is 29.3 Å². The minimum Gasteiger partial charge on any atom is -0.495 e. The Morgan fingerprint density at radius 3 is 3.11 bits per heavy atom. The first kappa shape index (κ1) is 12.9. The number of nitriles is 1. The molecule has 2 rings (SSSR count). The lowest BCUT2D eigenvalue weighted by atomic mass is 10.1. The van der Waals surface area contributed by atoms with E-state index in [0.29, 0.717) is 17.4 Å². The summed E-state index contributed by atoms with van der Waals surface area (Å²) in [4.78, 5) is 0. The fraction of sp³-hybridized carbons (Fsp3) is 0.500. The SMILES string of the molecule is COc1ccc(CNC2CCCOC2)cc1C#N. The Kier molecular flexibility index (Phi) is 4.57. The fourth-order valence-corrected chi connectivity index (χ4v) is 2.12. The van der Waals surface area contributed by atoms with Crippen LogP contribution in [0.5, 0.6) is 5.75 Å². The van der Waals surface area contributed by atoms with Crippen molar-refractivity contribution in [2.24, 2.45) is 0 Å². The van der Waals surface area contributed by atoms with E-state index in [1.54, 1.807) is 7.11 Å². The smallest absolute Gasteiger partial charge is 0.136 e. The first-order chi connectivity index (χ1) is 8.83. The topological polar surface area (TPSA) is 54.3 Å². The molecule has 96 valence electrons. The van der Waals surface area contributed by atoms with Gasteiger partial charge in [0.25, 0.3) is 0 Å². The van der Waals surface area contributed by atoms with Crippen molar-refractivity contribution < 1.29 is 9.47 Å². The molecular weight excluding hydrogens is 228 g/mol. The van der Waals surface area contributed by atoms with E-state index in [4.69, 9.17) is 14.7 Å². The predicted molar refractivity (Wildman–Crippen MR) is 68.4 cm³/mol. The second-order valence-electron chi connectivity index (χ2n) is 4.44. The summed E-state index contributed by atoms with van der Waals surface area (Å²) >= 11 is 0. The van der Waals surface area contributed by atoms with Crippen LogP contribution in [-0.4, -0.2) is 26.4 Å². The van der Waals surface area contributed by atoms with Gasteiger partial charge < -0.3 is 14.8 Å². The molecule has 4 nitrogen and oxygen atoms in total. The molecule has 0 saturated carbocycles. The normalized spacial score (nSPS) is 19.2. The highest BCUT2D eigenvalue weighted by atomic mass is 16.5. The Labute approximate surface area is 108 Å². The van der Waals surface area contributed by atoms with Crippen LogP contribution in [0.25, 0.3) is 0 Å². The van der Waals surface area contributed by atoms with Crippen LogP contribution in [0.1, 0.15) is 24.0 Å². The standard InChI is InChI=1S/C14H18N2O2/c1-17-14-5-4-11(7-12(14)8-15)9-16-13-3-2-6-18-10-13/h4-5,7,13,16H,2-3,6,9-10H2,1H3. The van der Waals surface area contributed by atoms with Crippen LogP contribution < -0.4 is 10.1 Å². The fourth-order valence-electron chi connectivity index (χ4n) is 2.12. The molecular formula is C14H18N2O2. The lowest BCUT2D eigenvalue weighted by Gasteiger charge is -2.23. The zero-order chi connectivity index (χ0) is 12.8. The van der Waals surface area contributed by atoms with E-state index < -0.39 is 0 Å². The number of benzene rings is 1. The van der Waals surface area contributed by atoms with Gasteiger partial charge in [-0.15, -0.1) is 0 Å². The van der Waals surface area contributed by atoms with Gasteiger partial charge in [-0.1, -0.05) is 6.07 Å². The second-order valence-corrected chi connectivity index (χ2v) is 4.44. The van der Waals surface area contributed by atoms with Crippen LogP contribution in [0, 0.1) is 11.3 Å². The summed E-state index contributed by atoms with van der Waals surface area (Å²) in [5.74, 6) is 0.627. The quantitative estimate of drug-likeness (QED) is 0.880. The molecule has 1 N–H and O–H groups in total. The Balaban J connectivity index is 1.95. The van der Waals surface area contributed by atoms with E-state index in [2.05, 4.69) is 11.4 Å². The van der Waals surface area contributed by atoms with Gasteiger partial charge in [0.1, 0.15) is 11.8 Å². The third kappa shape index (κ3) is 3.22. The minimum atomic E-state index is 0.423. The maximum atomic E-state index is 9.02. The number of hydrogen-bond acceptors (Lipinski definition) is 4. The molecule has 0 amide bonds. The molecule has 1 unspecified atom stereocenters. The maximum Gasteiger partial charge on any atom is 0.136 e. The van der Waals surface area contributed by atoms with Crippen LogP contribution in [-0.2, 0) is 11.3 Å². The van der Waals surface area contributed by atoms with Crippen molar-refractivity contribution in [1.29, 1.82) is 5.26 Å². The maximum absolute atomic E-state index is 9.02. The highest BCUT2D eigenvalue weighted by Gasteiger charge is 2.13. The van der Waals surface area contributed by atoms with Crippen LogP contribution in [0.2, 0.25) is 0 Å². The number of ether oxygens (including phenoxy) is 2. The average molecular weight is 246 g/mol. The number of hydrogen-bond donors (Lipinski definition) is 1. The highest BCUT2D eigenvalue weighted by molar-refractivity contribution is 5.45. The van der Waals surface area contributed by atoms with Gasteiger partial charge in [0.2, 0.25) is 0 Å². The van der Waals surface area contributed by atoms with E-state index >= 15 is 0 Å². The van der Waals surface area contributed by atoms with E-state index in [-0.39, 0.29) is 0 Å². The summed E-state index contributed by atoms with van der Waals surface area (Å²) in [6.45, 7) is 2.41. The number of nitrogens with one attached hydrogen (secondary N) is 1. The lowest BCUT2D eigenvalue weighted by molar-refractivity contribution is 0.0699. The Morgan fingerprint density at radius 2 is 2.44 bits per heavy atom.